The summed E-state index contributed by atoms with van der Waals surface area (Å²) in [5.74, 6) is 0.949. The molecule has 1 aliphatic rings. The quantitative estimate of drug-likeness (QED) is 0.735. The van der Waals surface area contributed by atoms with Crippen molar-refractivity contribution in [3.8, 4) is 0 Å². The number of likely N-dealkylation sites (tertiary alicyclic amines) is 1. The third-order valence-electron chi connectivity index (χ3n) is 4.45. The molecular formula is C15H32N2. The molecule has 0 radical (unpaired) electrons. The number of hydrogen-bond acceptors (Lipinski definition) is 2. The predicted octanol–water partition coefficient (Wildman–Crippen LogP) is 3.13. The Morgan fingerprint density at radius 2 is 2.06 bits per heavy atom. The zero-order valence-electron chi connectivity index (χ0n) is 12.6. The summed E-state index contributed by atoms with van der Waals surface area (Å²) in [6.45, 7) is 16.7. The van der Waals surface area contributed by atoms with Crippen LogP contribution >= 0.6 is 0 Å². The van der Waals surface area contributed by atoms with Crippen LogP contribution in [0, 0.1) is 11.3 Å². The smallest absolute Gasteiger partial charge is 0.0102 e. The van der Waals surface area contributed by atoms with E-state index in [0.717, 1.165) is 12.5 Å². The zero-order chi connectivity index (χ0) is 12.9. The summed E-state index contributed by atoms with van der Waals surface area (Å²) < 4.78 is 0. The Morgan fingerprint density at radius 1 is 1.35 bits per heavy atom. The highest BCUT2D eigenvalue weighted by Gasteiger charge is 2.31. The molecule has 17 heavy (non-hydrogen) atoms. The van der Waals surface area contributed by atoms with Crippen LogP contribution in [0.4, 0.5) is 0 Å². The molecule has 0 aliphatic carbocycles. The lowest BCUT2D eigenvalue weighted by atomic mass is 9.84. The van der Waals surface area contributed by atoms with Crippen molar-refractivity contribution in [2.75, 3.05) is 26.2 Å². The number of nitrogens with one attached hydrogen (secondary N) is 1. The topological polar surface area (TPSA) is 15.3 Å². The highest BCUT2D eigenvalue weighted by atomic mass is 15.2. The minimum Gasteiger partial charge on any atom is -0.314 e. The van der Waals surface area contributed by atoms with Gasteiger partial charge in [-0.1, -0.05) is 34.1 Å². The van der Waals surface area contributed by atoms with Crippen LogP contribution in [0.2, 0.25) is 0 Å². The Bertz CT molecular complexity index is 213. The van der Waals surface area contributed by atoms with Gasteiger partial charge in [-0.05, 0) is 44.2 Å². The van der Waals surface area contributed by atoms with E-state index in [1.165, 1.54) is 38.9 Å². The Hall–Kier alpha value is -0.0800. The summed E-state index contributed by atoms with van der Waals surface area (Å²) >= 11 is 0. The van der Waals surface area contributed by atoms with Gasteiger partial charge in [-0.2, -0.15) is 0 Å². The molecular weight excluding hydrogens is 208 g/mol. The normalized spacial score (nSPS) is 24.2. The van der Waals surface area contributed by atoms with E-state index < -0.39 is 0 Å². The summed E-state index contributed by atoms with van der Waals surface area (Å²) in [7, 11) is 0. The average molecular weight is 240 g/mol. The molecule has 2 heteroatoms. The molecule has 2 unspecified atom stereocenters. The van der Waals surface area contributed by atoms with E-state index in [9.17, 15) is 0 Å². The van der Waals surface area contributed by atoms with E-state index in [0.29, 0.717) is 11.5 Å². The fourth-order valence-electron chi connectivity index (χ4n) is 2.74. The van der Waals surface area contributed by atoms with Crippen molar-refractivity contribution in [3.63, 3.8) is 0 Å². The second-order valence-electron chi connectivity index (χ2n) is 6.46. The second kappa shape index (κ2) is 6.75. The van der Waals surface area contributed by atoms with Crippen molar-refractivity contribution >= 4 is 0 Å². The summed E-state index contributed by atoms with van der Waals surface area (Å²) in [6, 6.07) is 0.600. The zero-order valence-corrected chi connectivity index (χ0v) is 12.6. The van der Waals surface area contributed by atoms with Crippen LogP contribution in [0.1, 0.15) is 53.9 Å². The number of rotatable bonds is 7. The lowest BCUT2D eigenvalue weighted by Crippen LogP contribution is -2.46. The molecule has 0 aromatic carbocycles. The number of nitrogens with zero attached hydrogens (tertiary/aromatic N) is 1. The minimum atomic E-state index is 0.373. The van der Waals surface area contributed by atoms with Crippen molar-refractivity contribution in [1.29, 1.82) is 0 Å². The van der Waals surface area contributed by atoms with Crippen LogP contribution in [0.5, 0.6) is 0 Å². The third kappa shape index (κ3) is 4.59. The van der Waals surface area contributed by atoms with E-state index in [4.69, 9.17) is 0 Å². The average Bonchev–Trinajstić information content (AvgIpc) is 2.72. The largest absolute Gasteiger partial charge is 0.314 e. The highest BCUT2D eigenvalue weighted by Crippen LogP contribution is 2.27. The molecule has 1 heterocycles. The Balaban J connectivity index is 2.37. The van der Waals surface area contributed by atoms with Crippen LogP contribution in [-0.4, -0.2) is 37.1 Å². The Labute approximate surface area is 108 Å². The Morgan fingerprint density at radius 3 is 2.59 bits per heavy atom. The lowest BCUT2D eigenvalue weighted by molar-refractivity contribution is 0.160. The van der Waals surface area contributed by atoms with E-state index in [-0.39, 0.29) is 0 Å². The van der Waals surface area contributed by atoms with Crippen molar-refractivity contribution in [3.05, 3.63) is 0 Å². The van der Waals surface area contributed by atoms with Gasteiger partial charge in [0.25, 0.3) is 0 Å². The van der Waals surface area contributed by atoms with Crippen molar-refractivity contribution in [1.82, 2.24) is 10.2 Å². The fraction of sp³-hybridized carbons (Fsp3) is 1.00. The third-order valence-corrected chi connectivity index (χ3v) is 4.45. The SMILES string of the molecule is CCCNC(C)C(C)(C)CN1CCC(CC)C1. The van der Waals surface area contributed by atoms with Crippen LogP contribution in [0.25, 0.3) is 0 Å². The molecule has 0 amide bonds. The van der Waals surface area contributed by atoms with Gasteiger partial charge in [0.2, 0.25) is 0 Å². The van der Waals surface area contributed by atoms with Gasteiger partial charge in [0.1, 0.15) is 0 Å². The monoisotopic (exact) mass is 240 g/mol. The first-order valence-electron chi connectivity index (χ1n) is 7.45. The van der Waals surface area contributed by atoms with Crippen molar-refractivity contribution in [2.45, 2.75) is 59.9 Å². The first-order chi connectivity index (χ1) is 7.99. The van der Waals surface area contributed by atoms with Gasteiger partial charge in [0.15, 0.2) is 0 Å². The van der Waals surface area contributed by atoms with Crippen LogP contribution in [-0.2, 0) is 0 Å². The van der Waals surface area contributed by atoms with E-state index in [1.807, 2.05) is 0 Å². The van der Waals surface area contributed by atoms with Gasteiger partial charge in [0, 0.05) is 19.1 Å². The van der Waals surface area contributed by atoms with Crippen molar-refractivity contribution in [2.24, 2.45) is 11.3 Å². The molecule has 2 atom stereocenters. The summed E-state index contributed by atoms with van der Waals surface area (Å²) in [6.07, 6.45) is 3.98. The molecule has 1 fully saturated rings. The first-order valence-corrected chi connectivity index (χ1v) is 7.45. The highest BCUT2D eigenvalue weighted by molar-refractivity contribution is 4.86. The molecule has 1 N–H and O–H groups in total. The molecule has 2 nitrogen and oxygen atoms in total. The van der Waals surface area contributed by atoms with Gasteiger partial charge in [0.05, 0.1) is 0 Å². The van der Waals surface area contributed by atoms with E-state index in [2.05, 4.69) is 44.8 Å². The molecule has 0 saturated carbocycles. The lowest BCUT2D eigenvalue weighted by Gasteiger charge is -2.36. The molecule has 0 bridgehead atoms. The van der Waals surface area contributed by atoms with Crippen molar-refractivity contribution < 1.29 is 0 Å². The van der Waals surface area contributed by atoms with E-state index >= 15 is 0 Å². The summed E-state index contributed by atoms with van der Waals surface area (Å²) in [5.41, 5.74) is 0.373. The fourth-order valence-corrected chi connectivity index (χ4v) is 2.74. The first kappa shape index (κ1) is 15.0. The summed E-state index contributed by atoms with van der Waals surface area (Å²) in [5, 5.41) is 3.65. The summed E-state index contributed by atoms with van der Waals surface area (Å²) in [4.78, 5) is 2.66. The molecule has 0 aromatic heterocycles. The minimum absolute atomic E-state index is 0.373. The van der Waals surface area contributed by atoms with Gasteiger partial charge in [-0.15, -0.1) is 0 Å². The van der Waals surface area contributed by atoms with Gasteiger partial charge in [-0.25, -0.2) is 0 Å². The van der Waals surface area contributed by atoms with Crippen LogP contribution < -0.4 is 5.32 Å². The standard InChI is InChI=1S/C15H32N2/c1-6-9-16-13(3)15(4,5)12-17-10-8-14(7-2)11-17/h13-14,16H,6-12H2,1-5H3. The molecule has 0 spiro atoms. The van der Waals surface area contributed by atoms with Gasteiger partial charge < -0.3 is 10.2 Å². The molecule has 1 rings (SSSR count). The van der Waals surface area contributed by atoms with Gasteiger partial charge in [-0.3, -0.25) is 0 Å². The molecule has 0 aromatic rings. The van der Waals surface area contributed by atoms with Gasteiger partial charge >= 0.3 is 0 Å². The molecule has 1 saturated heterocycles. The predicted molar refractivity (Wildman–Crippen MR) is 76.4 cm³/mol. The van der Waals surface area contributed by atoms with Crippen LogP contribution in [0.15, 0.2) is 0 Å². The molecule has 1 aliphatic heterocycles. The van der Waals surface area contributed by atoms with E-state index in [1.54, 1.807) is 0 Å². The second-order valence-corrected chi connectivity index (χ2v) is 6.46. The maximum Gasteiger partial charge on any atom is 0.0102 e. The maximum atomic E-state index is 3.65. The Kier molecular flexibility index (Phi) is 5.94. The maximum absolute atomic E-state index is 3.65. The van der Waals surface area contributed by atoms with Crippen LogP contribution in [0.3, 0.4) is 0 Å². The molecule has 102 valence electrons. The number of hydrogen-bond donors (Lipinski definition) is 1.